The lowest BCUT2D eigenvalue weighted by atomic mass is 9.91. The standard InChI is InChI=1S/C36H35F2N5O6/c1-19-22(23-7-4-9-25(20(23)2)34-42-28-16-43(17-32(39)44)13-11-29(28)47-34)6-3-8-24(19)33-41-27-14-21(18-46-35(45)26-10-5-12-40-26)30(49-36(37)38)15-31(27)48-33/h3-4,6-9,14-15,26,36,40H,5,10-13,16-18H2,1-2H3,(H2,39,44)/t26-/m0/s1. The minimum absolute atomic E-state index is 0.149. The first kappa shape index (κ1) is 32.4. The molecule has 2 aliphatic rings. The van der Waals surface area contributed by atoms with Gasteiger partial charge in [0.05, 0.1) is 12.2 Å². The van der Waals surface area contributed by atoms with Gasteiger partial charge in [-0.3, -0.25) is 14.5 Å². The van der Waals surface area contributed by atoms with E-state index >= 15 is 0 Å². The lowest BCUT2D eigenvalue weighted by Crippen LogP contribution is -2.37. The van der Waals surface area contributed by atoms with Crippen LogP contribution in [0.15, 0.2) is 57.4 Å². The number of rotatable bonds is 10. The molecule has 0 unspecified atom stereocenters. The smallest absolute Gasteiger partial charge is 0.387 e. The van der Waals surface area contributed by atoms with Gasteiger partial charge in [-0.25, -0.2) is 9.97 Å². The summed E-state index contributed by atoms with van der Waals surface area (Å²) in [4.78, 5) is 35.3. The molecule has 1 amide bonds. The number of carbonyl (C=O) groups is 2. The lowest BCUT2D eigenvalue weighted by Gasteiger charge is -2.23. The van der Waals surface area contributed by atoms with Crippen molar-refractivity contribution in [1.82, 2.24) is 20.2 Å². The van der Waals surface area contributed by atoms with Crippen molar-refractivity contribution < 1.29 is 36.7 Å². The van der Waals surface area contributed by atoms with Crippen molar-refractivity contribution in [2.45, 2.75) is 58.9 Å². The molecule has 0 bridgehead atoms. The highest BCUT2D eigenvalue weighted by Gasteiger charge is 2.26. The molecule has 0 saturated carbocycles. The van der Waals surface area contributed by atoms with Gasteiger partial charge in [0.15, 0.2) is 5.58 Å². The van der Waals surface area contributed by atoms with Gasteiger partial charge in [0.1, 0.15) is 29.7 Å². The van der Waals surface area contributed by atoms with Crippen LogP contribution < -0.4 is 15.8 Å². The Labute approximate surface area is 280 Å². The van der Waals surface area contributed by atoms with E-state index in [-0.39, 0.29) is 36.0 Å². The molecule has 1 fully saturated rings. The monoisotopic (exact) mass is 671 g/mol. The van der Waals surface area contributed by atoms with Crippen molar-refractivity contribution in [2.75, 3.05) is 19.6 Å². The SMILES string of the molecule is Cc1c(-c2nc3c(o2)CCN(CC(N)=O)C3)cccc1-c1cccc(-c2nc3cc(COC(=O)[C@@H]4CCCN4)c(OC(F)F)cc3o2)c1C. The van der Waals surface area contributed by atoms with Crippen LogP contribution in [0.25, 0.3) is 45.1 Å². The molecule has 13 heteroatoms. The average molecular weight is 672 g/mol. The summed E-state index contributed by atoms with van der Waals surface area (Å²) in [6.07, 6.45) is 2.16. The second kappa shape index (κ2) is 13.4. The summed E-state index contributed by atoms with van der Waals surface area (Å²) in [6.45, 7) is 2.71. The first-order chi connectivity index (χ1) is 23.6. The number of primary amides is 1. The Morgan fingerprint density at radius 1 is 1.02 bits per heavy atom. The molecule has 11 nitrogen and oxygen atoms in total. The van der Waals surface area contributed by atoms with Gasteiger partial charge < -0.3 is 29.4 Å². The molecule has 49 heavy (non-hydrogen) atoms. The van der Waals surface area contributed by atoms with Gasteiger partial charge in [-0.2, -0.15) is 8.78 Å². The van der Waals surface area contributed by atoms with Gasteiger partial charge in [-0.05, 0) is 73.7 Å². The highest BCUT2D eigenvalue weighted by Crippen LogP contribution is 2.39. The fraction of sp³-hybridized carbons (Fsp3) is 0.333. The summed E-state index contributed by atoms with van der Waals surface area (Å²) in [7, 11) is 0. The number of alkyl halides is 2. The Morgan fingerprint density at radius 2 is 1.71 bits per heavy atom. The minimum Gasteiger partial charge on any atom is -0.460 e. The summed E-state index contributed by atoms with van der Waals surface area (Å²) in [5.74, 6) is 0.657. The Hall–Kier alpha value is -5.14. The maximum absolute atomic E-state index is 13.3. The number of aromatic nitrogens is 2. The van der Waals surface area contributed by atoms with Crippen molar-refractivity contribution >= 4 is 23.0 Å². The van der Waals surface area contributed by atoms with Gasteiger partial charge in [0.2, 0.25) is 17.7 Å². The van der Waals surface area contributed by atoms with Gasteiger partial charge in [-0.15, -0.1) is 0 Å². The van der Waals surface area contributed by atoms with E-state index in [0.717, 1.165) is 57.8 Å². The van der Waals surface area contributed by atoms with E-state index in [4.69, 9.17) is 34.0 Å². The van der Waals surface area contributed by atoms with Crippen LogP contribution in [0.4, 0.5) is 8.78 Å². The van der Waals surface area contributed by atoms with E-state index in [1.165, 1.54) is 6.07 Å². The first-order valence-electron chi connectivity index (χ1n) is 16.1. The molecular weight excluding hydrogens is 636 g/mol. The molecule has 3 aromatic carbocycles. The largest absolute Gasteiger partial charge is 0.460 e. The number of fused-ring (bicyclic) bond motifs is 2. The molecule has 4 heterocycles. The number of nitrogens with one attached hydrogen (secondary N) is 1. The number of esters is 1. The van der Waals surface area contributed by atoms with Crippen LogP contribution in [-0.4, -0.2) is 59.0 Å². The fourth-order valence-electron chi connectivity index (χ4n) is 6.61. The van der Waals surface area contributed by atoms with E-state index in [2.05, 4.69) is 5.32 Å². The predicted octanol–water partition coefficient (Wildman–Crippen LogP) is 5.67. The number of benzene rings is 3. The number of hydrogen-bond acceptors (Lipinski definition) is 10. The Bertz CT molecular complexity index is 2050. The molecule has 0 spiro atoms. The number of oxazole rings is 2. The normalized spacial score (nSPS) is 16.3. The zero-order valence-electron chi connectivity index (χ0n) is 27.1. The predicted molar refractivity (Wildman–Crippen MR) is 175 cm³/mol. The molecule has 1 saturated heterocycles. The average Bonchev–Trinajstić information content (AvgIpc) is 3.83. The number of nitrogens with zero attached hydrogens (tertiary/aromatic N) is 3. The Kier molecular flexibility index (Phi) is 8.86. The van der Waals surface area contributed by atoms with Crippen molar-refractivity contribution in [2.24, 2.45) is 5.73 Å². The number of halogens is 2. The van der Waals surface area contributed by atoms with E-state index in [1.54, 1.807) is 6.07 Å². The second-order valence-electron chi connectivity index (χ2n) is 12.4. The molecule has 0 radical (unpaired) electrons. The van der Waals surface area contributed by atoms with E-state index in [0.29, 0.717) is 43.2 Å². The fourth-order valence-corrected chi connectivity index (χ4v) is 6.61. The summed E-state index contributed by atoms with van der Waals surface area (Å²) >= 11 is 0. The molecule has 2 aromatic heterocycles. The third kappa shape index (κ3) is 6.63. The molecule has 0 aliphatic carbocycles. The Morgan fingerprint density at radius 3 is 2.37 bits per heavy atom. The highest BCUT2D eigenvalue weighted by atomic mass is 19.3. The number of hydrogen-bond donors (Lipinski definition) is 2. The molecule has 1 atom stereocenters. The number of carbonyl (C=O) groups excluding carboxylic acids is 2. The number of ether oxygens (including phenoxy) is 2. The third-order valence-electron chi connectivity index (χ3n) is 9.11. The Balaban J connectivity index is 1.19. The zero-order valence-corrected chi connectivity index (χ0v) is 27.1. The molecule has 3 N–H and O–H groups in total. The number of amides is 1. The maximum atomic E-state index is 13.3. The zero-order chi connectivity index (χ0) is 34.2. The molecule has 5 aromatic rings. The first-order valence-corrected chi connectivity index (χ1v) is 16.1. The van der Waals surface area contributed by atoms with E-state index < -0.39 is 18.6 Å². The maximum Gasteiger partial charge on any atom is 0.387 e. The summed E-state index contributed by atoms with van der Waals surface area (Å²) in [5, 5.41) is 3.07. The van der Waals surface area contributed by atoms with Crippen LogP contribution in [-0.2, 0) is 33.9 Å². The summed E-state index contributed by atoms with van der Waals surface area (Å²) < 4.78 is 49.2. The minimum atomic E-state index is -3.08. The summed E-state index contributed by atoms with van der Waals surface area (Å²) in [5.41, 5.74) is 12.5. The van der Waals surface area contributed by atoms with E-state index in [9.17, 15) is 18.4 Å². The molecule has 2 aliphatic heterocycles. The van der Waals surface area contributed by atoms with Crippen LogP contribution in [0.5, 0.6) is 5.75 Å². The van der Waals surface area contributed by atoms with Gasteiger partial charge in [-0.1, -0.05) is 24.3 Å². The highest BCUT2D eigenvalue weighted by molar-refractivity contribution is 5.84. The number of nitrogens with two attached hydrogens (primary N) is 1. The second-order valence-corrected chi connectivity index (χ2v) is 12.4. The van der Waals surface area contributed by atoms with Crippen LogP contribution >= 0.6 is 0 Å². The van der Waals surface area contributed by atoms with E-state index in [1.807, 2.05) is 55.1 Å². The quantitative estimate of drug-likeness (QED) is 0.178. The van der Waals surface area contributed by atoms with Crippen molar-refractivity contribution in [3.8, 4) is 39.8 Å². The van der Waals surface area contributed by atoms with Crippen LogP contribution in [0.2, 0.25) is 0 Å². The van der Waals surface area contributed by atoms with Crippen molar-refractivity contribution in [1.29, 1.82) is 0 Å². The van der Waals surface area contributed by atoms with Crippen LogP contribution in [0, 0.1) is 13.8 Å². The van der Waals surface area contributed by atoms with Gasteiger partial charge in [0, 0.05) is 42.3 Å². The molecule has 254 valence electrons. The lowest BCUT2D eigenvalue weighted by molar-refractivity contribution is -0.147. The topological polar surface area (TPSA) is 146 Å². The van der Waals surface area contributed by atoms with Crippen molar-refractivity contribution in [3.05, 3.63) is 76.7 Å². The van der Waals surface area contributed by atoms with Crippen molar-refractivity contribution in [3.63, 3.8) is 0 Å². The molecular formula is C36H35F2N5O6. The van der Waals surface area contributed by atoms with Gasteiger partial charge in [0.25, 0.3) is 0 Å². The van der Waals surface area contributed by atoms with Crippen LogP contribution in [0.1, 0.15) is 41.0 Å². The molecule has 7 rings (SSSR count). The van der Waals surface area contributed by atoms with Gasteiger partial charge >= 0.3 is 12.6 Å². The third-order valence-corrected chi connectivity index (χ3v) is 9.11. The summed E-state index contributed by atoms with van der Waals surface area (Å²) in [6, 6.07) is 14.2. The van der Waals surface area contributed by atoms with Crippen LogP contribution in [0.3, 0.4) is 0 Å².